The number of anilines is 1. The number of carbonyl (C=O) groups is 2. The number of hydrogen-bond acceptors (Lipinski definition) is 6. The van der Waals surface area contributed by atoms with E-state index in [0.29, 0.717) is 22.7 Å². The summed E-state index contributed by atoms with van der Waals surface area (Å²) in [5.41, 5.74) is 0.472. The van der Waals surface area contributed by atoms with Gasteiger partial charge in [-0.05, 0) is 37.1 Å². The molecule has 1 saturated carbocycles. The van der Waals surface area contributed by atoms with Gasteiger partial charge in [0, 0.05) is 18.7 Å². The third-order valence-corrected chi connectivity index (χ3v) is 4.41. The number of aromatic nitrogens is 2. The van der Waals surface area contributed by atoms with Gasteiger partial charge in [-0.25, -0.2) is 4.39 Å². The normalized spacial score (nSPS) is 13.5. The van der Waals surface area contributed by atoms with Gasteiger partial charge in [0.1, 0.15) is 5.82 Å². The van der Waals surface area contributed by atoms with Gasteiger partial charge in [0.15, 0.2) is 0 Å². The van der Waals surface area contributed by atoms with Crippen LogP contribution in [0.2, 0.25) is 0 Å². The third-order valence-electron chi connectivity index (χ3n) is 3.60. The number of likely N-dealkylation sites (N-methyl/N-ethyl adjacent to an activating group) is 1. The standard InChI is InChI=1S/C16H17FN4O3S/c1-21(8-13(22)18-12-6-4-11(17)5-7-12)14(23)9-25-16-20-19-15(24-16)10-2-3-10/h4-7,10H,2-3,8-9H2,1H3,(H,18,22). The van der Waals surface area contributed by atoms with Crippen LogP contribution in [0.3, 0.4) is 0 Å². The van der Waals surface area contributed by atoms with Gasteiger partial charge in [-0.1, -0.05) is 11.8 Å². The molecule has 1 aromatic carbocycles. The smallest absolute Gasteiger partial charge is 0.277 e. The lowest BCUT2D eigenvalue weighted by Gasteiger charge is -2.16. The highest BCUT2D eigenvalue weighted by atomic mass is 32.2. The second-order valence-electron chi connectivity index (χ2n) is 5.77. The quantitative estimate of drug-likeness (QED) is 0.758. The van der Waals surface area contributed by atoms with Crippen molar-refractivity contribution in [3.8, 4) is 0 Å². The van der Waals surface area contributed by atoms with Crippen molar-refractivity contribution in [3.05, 3.63) is 36.0 Å². The Morgan fingerprint density at radius 3 is 2.72 bits per heavy atom. The number of nitrogens with one attached hydrogen (secondary N) is 1. The summed E-state index contributed by atoms with van der Waals surface area (Å²) in [5.74, 6) is 0.129. The molecule has 25 heavy (non-hydrogen) atoms. The minimum atomic E-state index is -0.381. The number of nitrogens with zero attached hydrogens (tertiary/aromatic N) is 3. The second-order valence-corrected chi connectivity index (χ2v) is 6.70. The molecule has 2 aromatic rings. The van der Waals surface area contributed by atoms with E-state index in [-0.39, 0.29) is 29.9 Å². The lowest BCUT2D eigenvalue weighted by molar-refractivity contribution is -0.131. The van der Waals surface area contributed by atoms with Gasteiger partial charge in [0.25, 0.3) is 5.22 Å². The van der Waals surface area contributed by atoms with Crippen molar-refractivity contribution in [2.75, 3.05) is 24.7 Å². The summed E-state index contributed by atoms with van der Waals surface area (Å²) in [6.45, 7) is -0.103. The Balaban J connectivity index is 1.43. The van der Waals surface area contributed by atoms with Crippen molar-refractivity contribution >= 4 is 29.3 Å². The van der Waals surface area contributed by atoms with Crippen LogP contribution in [0, 0.1) is 5.82 Å². The maximum absolute atomic E-state index is 12.8. The maximum Gasteiger partial charge on any atom is 0.277 e. The summed E-state index contributed by atoms with van der Waals surface area (Å²) in [5, 5.41) is 10.8. The monoisotopic (exact) mass is 364 g/mol. The van der Waals surface area contributed by atoms with Crippen LogP contribution in [-0.4, -0.2) is 46.3 Å². The van der Waals surface area contributed by atoms with Crippen molar-refractivity contribution in [3.63, 3.8) is 0 Å². The number of thioether (sulfide) groups is 1. The van der Waals surface area contributed by atoms with Crippen molar-refractivity contribution in [2.45, 2.75) is 24.0 Å². The molecule has 0 unspecified atom stereocenters. The minimum Gasteiger partial charge on any atom is -0.416 e. The van der Waals surface area contributed by atoms with E-state index >= 15 is 0 Å². The maximum atomic E-state index is 12.8. The van der Waals surface area contributed by atoms with Crippen molar-refractivity contribution < 1.29 is 18.4 Å². The predicted molar refractivity (Wildman–Crippen MR) is 89.7 cm³/mol. The molecular formula is C16H17FN4O3S. The van der Waals surface area contributed by atoms with E-state index in [1.54, 1.807) is 0 Å². The molecule has 1 aliphatic carbocycles. The van der Waals surface area contributed by atoms with Crippen LogP contribution >= 0.6 is 11.8 Å². The van der Waals surface area contributed by atoms with E-state index in [4.69, 9.17) is 4.42 Å². The summed E-state index contributed by atoms with van der Waals surface area (Å²) in [6, 6.07) is 5.42. The fourth-order valence-corrected chi connectivity index (χ4v) is 2.76. The van der Waals surface area contributed by atoms with E-state index < -0.39 is 0 Å². The number of hydrogen-bond donors (Lipinski definition) is 1. The Kier molecular flexibility index (Phi) is 5.32. The molecule has 7 nitrogen and oxygen atoms in total. The van der Waals surface area contributed by atoms with Crippen LogP contribution in [0.4, 0.5) is 10.1 Å². The zero-order valence-corrected chi connectivity index (χ0v) is 14.4. The van der Waals surface area contributed by atoms with Crippen molar-refractivity contribution in [1.29, 1.82) is 0 Å². The average molecular weight is 364 g/mol. The lowest BCUT2D eigenvalue weighted by Crippen LogP contribution is -2.35. The Hall–Kier alpha value is -2.42. The largest absolute Gasteiger partial charge is 0.416 e. The van der Waals surface area contributed by atoms with E-state index in [1.807, 2.05) is 0 Å². The summed E-state index contributed by atoms with van der Waals surface area (Å²) in [4.78, 5) is 25.3. The van der Waals surface area contributed by atoms with Crippen LogP contribution in [0.5, 0.6) is 0 Å². The van der Waals surface area contributed by atoms with Gasteiger partial charge in [0.2, 0.25) is 17.7 Å². The molecule has 2 amide bonds. The summed E-state index contributed by atoms with van der Waals surface area (Å²) >= 11 is 1.15. The molecule has 1 fully saturated rings. The minimum absolute atomic E-state index is 0.103. The van der Waals surface area contributed by atoms with E-state index in [0.717, 1.165) is 24.6 Å². The lowest BCUT2D eigenvalue weighted by atomic mass is 10.3. The zero-order chi connectivity index (χ0) is 17.8. The molecule has 0 spiro atoms. The van der Waals surface area contributed by atoms with Gasteiger partial charge in [-0.2, -0.15) is 0 Å². The summed E-state index contributed by atoms with van der Waals surface area (Å²) in [7, 11) is 1.54. The van der Waals surface area contributed by atoms with E-state index in [9.17, 15) is 14.0 Å². The summed E-state index contributed by atoms with van der Waals surface area (Å²) in [6.07, 6.45) is 2.13. The molecule has 132 valence electrons. The van der Waals surface area contributed by atoms with Crippen LogP contribution in [0.25, 0.3) is 0 Å². The highest BCUT2D eigenvalue weighted by Gasteiger charge is 2.29. The van der Waals surface area contributed by atoms with E-state index in [1.165, 1.54) is 36.2 Å². The molecule has 1 aromatic heterocycles. The molecule has 9 heteroatoms. The number of amides is 2. The fourth-order valence-electron chi connectivity index (χ4n) is 2.04. The first-order valence-corrected chi connectivity index (χ1v) is 8.75. The van der Waals surface area contributed by atoms with Crippen LogP contribution in [-0.2, 0) is 9.59 Å². The first-order valence-electron chi connectivity index (χ1n) is 7.77. The fraction of sp³-hybridized carbons (Fsp3) is 0.375. The van der Waals surface area contributed by atoms with Gasteiger partial charge in [-0.15, -0.1) is 10.2 Å². The zero-order valence-electron chi connectivity index (χ0n) is 13.6. The highest BCUT2D eigenvalue weighted by Crippen LogP contribution is 2.39. The number of halogens is 1. The van der Waals surface area contributed by atoms with Crippen LogP contribution in [0.15, 0.2) is 33.9 Å². The average Bonchev–Trinajstić information content (AvgIpc) is 3.33. The first-order chi connectivity index (χ1) is 12.0. The molecule has 0 atom stereocenters. The Labute approximate surface area is 148 Å². The van der Waals surface area contributed by atoms with Gasteiger partial charge in [-0.3, -0.25) is 9.59 Å². The number of rotatable bonds is 7. The van der Waals surface area contributed by atoms with Gasteiger partial charge < -0.3 is 14.6 Å². The van der Waals surface area contributed by atoms with Crippen LogP contribution in [0.1, 0.15) is 24.7 Å². The Morgan fingerprint density at radius 1 is 1.32 bits per heavy atom. The van der Waals surface area contributed by atoms with Crippen LogP contribution < -0.4 is 5.32 Å². The molecule has 3 rings (SSSR count). The molecule has 0 saturated heterocycles. The first kappa shape index (κ1) is 17.4. The molecule has 0 radical (unpaired) electrons. The van der Waals surface area contributed by atoms with Gasteiger partial charge in [0.05, 0.1) is 12.3 Å². The van der Waals surface area contributed by atoms with Crippen molar-refractivity contribution in [2.24, 2.45) is 0 Å². The third kappa shape index (κ3) is 5.02. The number of benzene rings is 1. The molecular weight excluding hydrogens is 347 g/mol. The second kappa shape index (κ2) is 7.64. The molecule has 0 aliphatic heterocycles. The topological polar surface area (TPSA) is 88.3 Å². The molecule has 1 heterocycles. The summed E-state index contributed by atoms with van der Waals surface area (Å²) < 4.78 is 18.3. The van der Waals surface area contributed by atoms with E-state index in [2.05, 4.69) is 15.5 Å². The SMILES string of the molecule is CN(CC(=O)Nc1ccc(F)cc1)C(=O)CSc1nnc(C2CC2)o1. The number of carbonyl (C=O) groups excluding carboxylic acids is 2. The Morgan fingerprint density at radius 2 is 2.04 bits per heavy atom. The molecule has 1 N–H and O–H groups in total. The molecule has 1 aliphatic rings. The highest BCUT2D eigenvalue weighted by molar-refractivity contribution is 7.99. The molecule has 0 bridgehead atoms. The van der Waals surface area contributed by atoms with Gasteiger partial charge >= 0.3 is 0 Å². The Bertz CT molecular complexity index is 761. The van der Waals surface area contributed by atoms with Crippen molar-refractivity contribution in [1.82, 2.24) is 15.1 Å². The predicted octanol–water partition coefficient (Wildman–Crippen LogP) is 2.28.